The van der Waals surface area contributed by atoms with Gasteiger partial charge in [0.15, 0.2) is 5.13 Å². The maximum atomic E-state index is 12.9. The second-order valence-electron chi connectivity index (χ2n) is 4.63. The normalized spacial score (nSPS) is 12.5. The van der Waals surface area contributed by atoms with Crippen molar-refractivity contribution in [2.45, 2.75) is 13.0 Å². The number of benzene rings is 2. The van der Waals surface area contributed by atoms with E-state index in [2.05, 4.69) is 10.3 Å². The van der Waals surface area contributed by atoms with Crippen LogP contribution >= 0.6 is 11.3 Å². The quantitative estimate of drug-likeness (QED) is 0.710. The molecule has 0 fully saturated rings. The first kappa shape index (κ1) is 12.9. The fourth-order valence-corrected chi connectivity index (χ4v) is 3.04. The van der Waals surface area contributed by atoms with Crippen LogP contribution in [0.2, 0.25) is 0 Å². The third kappa shape index (κ3) is 2.44. The van der Waals surface area contributed by atoms with E-state index in [1.165, 1.54) is 12.1 Å². The molecule has 3 rings (SSSR count). The molecular formula is C15H14FN3S. The van der Waals surface area contributed by atoms with E-state index in [0.717, 1.165) is 20.9 Å². The van der Waals surface area contributed by atoms with Crippen molar-refractivity contribution in [1.82, 2.24) is 4.98 Å². The summed E-state index contributed by atoms with van der Waals surface area (Å²) in [5, 5.41) is 4.14. The molecule has 0 amide bonds. The largest absolute Gasteiger partial charge is 0.397 e. The van der Waals surface area contributed by atoms with E-state index in [-0.39, 0.29) is 11.9 Å². The lowest BCUT2D eigenvalue weighted by atomic mass is 10.1. The van der Waals surface area contributed by atoms with Crippen LogP contribution < -0.4 is 11.1 Å². The zero-order valence-electron chi connectivity index (χ0n) is 10.9. The summed E-state index contributed by atoms with van der Waals surface area (Å²) in [6, 6.07) is 12.3. The predicted molar refractivity (Wildman–Crippen MR) is 82.5 cm³/mol. The van der Waals surface area contributed by atoms with Crippen LogP contribution in [-0.2, 0) is 0 Å². The Morgan fingerprint density at radius 3 is 2.65 bits per heavy atom. The number of fused-ring (bicyclic) bond motifs is 1. The van der Waals surface area contributed by atoms with E-state index in [1.807, 2.05) is 25.1 Å². The summed E-state index contributed by atoms with van der Waals surface area (Å²) in [5.41, 5.74) is 8.42. The average molecular weight is 287 g/mol. The highest BCUT2D eigenvalue weighted by Gasteiger charge is 2.10. The van der Waals surface area contributed by atoms with Crippen LogP contribution in [0.4, 0.5) is 15.2 Å². The molecule has 1 heterocycles. The van der Waals surface area contributed by atoms with Crippen molar-refractivity contribution in [2.24, 2.45) is 0 Å². The van der Waals surface area contributed by atoms with Gasteiger partial charge in [0.05, 0.1) is 16.4 Å². The monoisotopic (exact) mass is 287 g/mol. The smallest absolute Gasteiger partial charge is 0.184 e. The molecule has 0 radical (unpaired) electrons. The van der Waals surface area contributed by atoms with E-state index >= 15 is 0 Å². The molecule has 1 aromatic heterocycles. The minimum atomic E-state index is -0.228. The summed E-state index contributed by atoms with van der Waals surface area (Å²) in [4.78, 5) is 4.50. The Labute approximate surface area is 120 Å². The van der Waals surface area contributed by atoms with E-state index in [1.54, 1.807) is 23.5 Å². The molecule has 3 N–H and O–H groups in total. The molecule has 5 heteroatoms. The van der Waals surface area contributed by atoms with Gasteiger partial charge >= 0.3 is 0 Å². The number of halogens is 1. The third-order valence-electron chi connectivity index (χ3n) is 3.16. The van der Waals surface area contributed by atoms with Crippen molar-refractivity contribution < 1.29 is 4.39 Å². The topological polar surface area (TPSA) is 50.9 Å². The number of hydrogen-bond donors (Lipinski definition) is 2. The molecule has 1 atom stereocenters. The van der Waals surface area contributed by atoms with Gasteiger partial charge in [-0.15, -0.1) is 0 Å². The fraction of sp³-hybridized carbons (Fsp3) is 0.133. The van der Waals surface area contributed by atoms with Gasteiger partial charge < -0.3 is 11.1 Å². The number of nitrogen functional groups attached to an aromatic ring is 1. The number of hydrogen-bond acceptors (Lipinski definition) is 4. The van der Waals surface area contributed by atoms with Gasteiger partial charge in [-0.3, -0.25) is 0 Å². The lowest BCUT2D eigenvalue weighted by Crippen LogP contribution is -2.06. The van der Waals surface area contributed by atoms with Gasteiger partial charge in [0.25, 0.3) is 0 Å². The van der Waals surface area contributed by atoms with Crippen molar-refractivity contribution >= 4 is 32.4 Å². The maximum Gasteiger partial charge on any atom is 0.184 e. The second-order valence-corrected chi connectivity index (χ2v) is 5.66. The zero-order valence-corrected chi connectivity index (χ0v) is 11.7. The van der Waals surface area contributed by atoms with Gasteiger partial charge in [-0.25, -0.2) is 9.37 Å². The molecule has 20 heavy (non-hydrogen) atoms. The molecule has 102 valence electrons. The van der Waals surface area contributed by atoms with Crippen molar-refractivity contribution in [2.75, 3.05) is 11.1 Å². The van der Waals surface area contributed by atoms with E-state index < -0.39 is 0 Å². The van der Waals surface area contributed by atoms with Crippen LogP contribution in [0.1, 0.15) is 18.5 Å². The van der Waals surface area contributed by atoms with Crippen LogP contribution in [-0.4, -0.2) is 4.98 Å². The van der Waals surface area contributed by atoms with Gasteiger partial charge in [0.1, 0.15) is 11.3 Å². The summed E-state index contributed by atoms with van der Waals surface area (Å²) in [6.45, 7) is 2.02. The van der Waals surface area contributed by atoms with Crippen molar-refractivity contribution in [3.05, 3.63) is 53.8 Å². The van der Waals surface area contributed by atoms with E-state index in [9.17, 15) is 4.39 Å². The van der Waals surface area contributed by atoms with Crippen LogP contribution in [0.15, 0.2) is 42.5 Å². The highest BCUT2D eigenvalue weighted by atomic mass is 32.1. The van der Waals surface area contributed by atoms with Gasteiger partial charge in [-0.2, -0.15) is 0 Å². The molecule has 1 unspecified atom stereocenters. The Kier molecular flexibility index (Phi) is 3.28. The van der Waals surface area contributed by atoms with E-state index in [4.69, 9.17) is 5.73 Å². The highest BCUT2D eigenvalue weighted by molar-refractivity contribution is 7.22. The number of thiazole rings is 1. The molecule has 2 aromatic carbocycles. The van der Waals surface area contributed by atoms with Crippen LogP contribution in [0, 0.1) is 5.82 Å². The molecule has 0 saturated carbocycles. The van der Waals surface area contributed by atoms with Crippen molar-refractivity contribution in [1.29, 1.82) is 0 Å². The minimum absolute atomic E-state index is 0.0531. The number of nitrogens with zero attached hydrogens (tertiary/aromatic N) is 1. The van der Waals surface area contributed by atoms with Crippen LogP contribution in [0.3, 0.4) is 0 Å². The molecule has 0 aliphatic rings. The van der Waals surface area contributed by atoms with Crippen LogP contribution in [0.5, 0.6) is 0 Å². The Hall–Kier alpha value is -2.14. The van der Waals surface area contributed by atoms with Gasteiger partial charge in [0.2, 0.25) is 0 Å². The van der Waals surface area contributed by atoms with Crippen molar-refractivity contribution in [3.8, 4) is 0 Å². The first-order valence-electron chi connectivity index (χ1n) is 6.30. The number of nitrogens with two attached hydrogens (primary N) is 1. The SMILES string of the molecule is CC(Nc1nc2c(N)cccc2s1)c1ccc(F)cc1. The molecule has 0 aliphatic carbocycles. The molecule has 3 nitrogen and oxygen atoms in total. The number of nitrogens with one attached hydrogen (secondary N) is 1. The first-order valence-corrected chi connectivity index (χ1v) is 7.12. The number of aromatic nitrogens is 1. The molecule has 0 spiro atoms. The highest BCUT2D eigenvalue weighted by Crippen LogP contribution is 2.31. The predicted octanol–water partition coefficient (Wildman–Crippen LogP) is 4.19. The van der Waals surface area contributed by atoms with Gasteiger partial charge in [-0.05, 0) is 36.8 Å². The summed E-state index contributed by atoms with van der Waals surface area (Å²) in [5.74, 6) is -0.228. The lowest BCUT2D eigenvalue weighted by molar-refractivity contribution is 0.626. The van der Waals surface area contributed by atoms with Gasteiger partial charge in [-0.1, -0.05) is 29.5 Å². The number of para-hydroxylation sites is 1. The Bertz CT molecular complexity index is 736. The Balaban J connectivity index is 1.85. The molecule has 0 saturated heterocycles. The molecule has 3 aromatic rings. The average Bonchev–Trinajstić information content (AvgIpc) is 2.83. The molecule has 0 aliphatic heterocycles. The Morgan fingerprint density at radius 1 is 1.20 bits per heavy atom. The lowest BCUT2D eigenvalue weighted by Gasteiger charge is -2.12. The third-order valence-corrected chi connectivity index (χ3v) is 4.11. The first-order chi connectivity index (χ1) is 9.63. The molecule has 0 bridgehead atoms. The standard InChI is InChI=1S/C15H14FN3S/c1-9(10-5-7-11(16)8-6-10)18-15-19-14-12(17)3-2-4-13(14)20-15/h2-9H,17H2,1H3,(H,18,19). The van der Waals surface area contributed by atoms with Crippen molar-refractivity contribution in [3.63, 3.8) is 0 Å². The molecular weight excluding hydrogens is 273 g/mol. The fourth-order valence-electron chi connectivity index (χ4n) is 2.05. The van der Waals surface area contributed by atoms with Crippen LogP contribution in [0.25, 0.3) is 10.2 Å². The maximum absolute atomic E-state index is 12.9. The number of anilines is 2. The summed E-state index contributed by atoms with van der Waals surface area (Å²) < 4.78 is 14.0. The summed E-state index contributed by atoms with van der Waals surface area (Å²) in [7, 11) is 0. The minimum Gasteiger partial charge on any atom is -0.397 e. The number of rotatable bonds is 3. The van der Waals surface area contributed by atoms with E-state index in [0.29, 0.717) is 5.69 Å². The van der Waals surface area contributed by atoms with Gasteiger partial charge in [0, 0.05) is 0 Å². The Morgan fingerprint density at radius 2 is 1.95 bits per heavy atom. The summed E-state index contributed by atoms with van der Waals surface area (Å²) in [6.07, 6.45) is 0. The zero-order chi connectivity index (χ0) is 14.1. The second kappa shape index (κ2) is 5.09. The summed E-state index contributed by atoms with van der Waals surface area (Å²) >= 11 is 1.56.